The van der Waals surface area contributed by atoms with Crippen LogP contribution in [0.15, 0.2) is 42.6 Å². The van der Waals surface area contributed by atoms with Gasteiger partial charge in [0, 0.05) is 30.9 Å². The molecule has 7 nitrogen and oxygen atoms in total. The minimum absolute atomic E-state index is 0.0257. The van der Waals surface area contributed by atoms with Crippen LogP contribution < -0.4 is 10.2 Å². The molecule has 1 aromatic heterocycles. The van der Waals surface area contributed by atoms with E-state index < -0.39 is 4.92 Å². The van der Waals surface area contributed by atoms with Crippen molar-refractivity contribution in [2.75, 3.05) is 18.0 Å². The Kier molecular flexibility index (Phi) is 5.69. The third-order valence-electron chi connectivity index (χ3n) is 4.91. The molecule has 0 spiro atoms. The first kappa shape index (κ1) is 18.8. The number of nitrogens with one attached hydrogen (secondary N) is 1. The summed E-state index contributed by atoms with van der Waals surface area (Å²) in [5.74, 6) is 0.148. The third-order valence-corrected chi connectivity index (χ3v) is 4.91. The molecule has 1 aliphatic rings. The van der Waals surface area contributed by atoms with Gasteiger partial charge >= 0.3 is 0 Å². The average Bonchev–Trinajstić information content (AvgIpc) is 2.68. The van der Waals surface area contributed by atoms with Gasteiger partial charge in [-0.1, -0.05) is 13.0 Å². The van der Waals surface area contributed by atoms with Crippen molar-refractivity contribution in [2.24, 2.45) is 5.92 Å². The van der Waals surface area contributed by atoms with Gasteiger partial charge in [0.25, 0.3) is 11.6 Å². The lowest BCUT2D eigenvalue weighted by Crippen LogP contribution is -2.34. The normalized spacial score (nSPS) is 18.0. The van der Waals surface area contributed by atoms with Crippen LogP contribution in [0.5, 0.6) is 0 Å². The van der Waals surface area contributed by atoms with E-state index in [1.807, 2.05) is 30.0 Å². The summed E-state index contributed by atoms with van der Waals surface area (Å²) < 4.78 is 0. The monoisotopic (exact) mass is 368 g/mol. The number of pyridine rings is 1. The number of amides is 1. The summed E-state index contributed by atoms with van der Waals surface area (Å²) in [4.78, 5) is 30.0. The predicted octanol–water partition coefficient (Wildman–Crippen LogP) is 3.72. The third kappa shape index (κ3) is 4.42. The first-order valence-corrected chi connectivity index (χ1v) is 9.21. The van der Waals surface area contributed by atoms with E-state index >= 15 is 0 Å². The summed E-state index contributed by atoms with van der Waals surface area (Å²) >= 11 is 0. The molecule has 142 valence electrons. The van der Waals surface area contributed by atoms with Gasteiger partial charge in [0.1, 0.15) is 5.69 Å². The molecule has 2 heterocycles. The molecule has 1 fully saturated rings. The molecule has 3 rings (SSSR count). The smallest absolute Gasteiger partial charge is 0.293 e. The zero-order chi connectivity index (χ0) is 19.4. The maximum absolute atomic E-state index is 12.6. The number of nitro benzene ring substituents is 1. The fourth-order valence-electron chi connectivity index (χ4n) is 3.47. The number of carbonyl (C=O) groups is 1. The highest BCUT2D eigenvalue weighted by Gasteiger charge is 2.25. The Morgan fingerprint density at radius 1 is 1.37 bits per heavy atom. The molecule has 2 aromatic rings. The van der Waals surface area contributed by atoms with E-state index in [4.69, 9.17) is 0 Å². The predicted molar refractivity (Wildman–Crippen MR) is 104 cm³/mol. The molecule has 7 heteroatoms. The maximum atomic E-state index is 12.6. The van der Waals surface area contributed by atoms with Crippen molar-refractivity contribution in [3.8, 4) is 0 Å². The van der Waals surface area contributed by atoms with Gasteiger partial charge in [-0.25, -0.2) is 0 Å². The Morgan fingerprint density at radius 3 is 2.85 bits per heavy atom. The van der Waals surface area contributed by atoms with Crippen LogP contribution in [0.25, 0.3) is 0 Å². The van der Waals surface area contributed by atoms with Crippen molar-refractivity contribution < 1.29 is 9.72 Å². The molecule has 1 N–H and O–H groups in total. The summed E-state index contributed by atoms with van der Waals surface area (Å²) in [7, 11) is 0. The van der Waals surface area contributed by atoms with E-state index in [9.17, 15) is 14.9 Å². The standard InChI is InChI=1S/C20H24N4O3/c1-14-6-5-11-23(13-14)18-9-8-16(12-19(18)24(26)27)20(25)22-15(2)17-7-3-4-10-21-17/h3-4,7-10,12,14-15H,5-6,11,13H2,1-2H3,(H,22,25). The number of aromatic nitrogens is 1. The van der Waals surface area contributed by atoms with E-state index in [2.05, 4.69) is 17.2 Å². The van der Waals surface area contributed by atoms with E-state index in [-0.39, 0.29) is 23.2 Å². The Morgan fingerprint density at radius 2 is 2.19 bits per heavy atom. The van der Waals surface area contributed by atoms with Crippen molar-refractivity contribution >= 4 is 17.3 Å². The molecule has 2 unspecified atom stereocenters. The van der Waals surface area contributed by atoms with Crippen LogP contribution in [0.3, 0.4) is 0 Å². The Balaban J connectivity index is 1.81. The number of anilines is 1. The fraction of sp³-hybridized carbons (Fsp3) is 0.400. The molecule has 1 saturated heterocycles. The van der Waals surface area contributed by atoms with Gasteiger partial charge in [0.15, 0.2) is 0 Å². The summed E-state index contributed by atoms with van der Waals surface area (Å²) in [6.45, 7) is 5.58. The molecule has 0 radical (unpaired) electrons. The van der Waals surface area contributed by atoms with Gasteiger partial charge < -0.3 is 10.2 Å². The van der Waals surface area contributed by atoms with Crippen molar-refractivity contribution in [3.05, 3.63) is 64.0 Å². The zero-order valence-electron chi connectivity index (χ0n) is 15.6. The van der Waals surface area contributed by atoms with Crippen LogP contribution in [0, 0.1) is 16.0 Å². The number of nitrogens with zero attached hydrogens (tertiary/aromatic N) is 3. The van der Waals surface area contributed by atoms with Gasteiger partial charge in [-0.15, -0.1) is 0 Å². The van der Waals surface area contributed by atoms with Gasteiger partial charge in [-0.2, -0.15) is 0 Å². The number of carbonyl (C=O) groups excluding carboxylic acids is 1. The lowest BCUT2D eigenvalue weighted by Gasteiger charge is -2.32. The Hall–Kier alpha value is -2.96. The quantitative estimate of drug-likeness (QED) is 0.642. The fourth-order valence-corrected chi connectivity index (χ4v) is 3.47. The maximum Gasteiger partial charge on any atom is 0.293 e. The van der Waals surface area contributed by atoms with E-state index in [0.717, 1.165) is 31.6 Å². The van der Waals surface area contributed by atoms with Crippen LogP contribution in [0.1, 0.15) is 48.8 Å². The highest BCUT2D eigenvalue weighted by Crippen LogP contribution is 2.32. The minimum atomic E-state index is -0.409. The number of benzene rings is 1. The lowest BCUT2D eigenvalue weighted by atomic mass is 9.99. The topological polar surface area (TPSA) is 88.4 Å². The van der Waals surface area contributed by atoms with Gasteiger partial charge in [-0.05, 0) is 49.9 Å². The van der Waals surface area contributed by atoms with Crippen LogP contribution in [-0.2, 0) is 0 Å². The first-order chi connectivity index (χ1) is 13.0. The van der Waals surface area contributed by atoms with E-state index in [0.29, 0.717) is 11.6 Å². The molecule has 0 aliphatic carbocycles. The highest BCUT2D eigenvalue weighted by atomic mass is 16.6. The Labute approximate surface area is 158 Å². The summed E-state index contributed by atoms with van der Waals surface area (Å²) in [6.07, 6.45) is 3.82. The minimum Gasteiger partial charge on any atom is -0.366 e. The molecule has 0 bridgehead atoms. The first-order valence-electron chi connectivity index (χ1n) is 9.21. The largest absolute Gasteiger partial charge is 0.366 e. The second-order valence-corrected chi connectivity index (χ2v) is 7.10. The zero-order valence-corrected chi connectivity index (χ0v) is 15.6. The molecule has 0 saturated carbocycles. The number of hydrogen-bond donors (Lipinski definition) is 1. The highest BCUT2D eigenvalue weighted by molar-refractivity contribution is 5.96. The van der Waals surface area contributed by atoms with Gasteiger partial charge in [-0.3, -0.25) is 19.9 Å². The van der Waals surface area contributed by atoms with Crippen molar-refractivity contribution in [1.82, 2.24) is 10.3 Å². The van der Waals surface area contributed by atoms with Crippen LogP contribution in [-0.4, -0.2) is 28.9 Å². The summed E-state index contributed by atoms with van der Waals surface area (Å²) in [5.41, 5.74) is 1.57. The molecular formula is C20H24N4O3. The summed E-state index contributed by atoms with van der Waals surface area (Å²) in [5, 5.41) is 14.4. The lowest BCUT2D eigenvalue weighted by molar-refractivity contribution is -0.384. The van der Waals surface area contributed by atoms with Crippen LogP contribution in [0.4, 0.5) is 11.4 Å². The second kappa shape index (κ2) is 8.16. The molecule has 2 atom stereocenters. The number of nitro groups is 1. The summed E-state index contributed by atoms with van der Waals surface area (Å²) in [6, 6.07) is 9.91. The van der Waals surface area contributed by atoms with Gasteiger partial charge in [0.05, 0.1) is 16.7 Å². The number of piperidine rings is 1. The van der Waals surface area contributed by atoms with Crippen LogP contribution >= 0.6 is 0 Å². The average molecular weight is 368 g/mol. The van der Waals surface area contributed by atoms with E-state index in [1.54, 1.807) is 18.3 Å². The molecular weight excluding hydrogens is 344 g/mol. The SMILES string of the molecule is CC1CCCN(c2ccc(C(=O)NC(C)c3ccccn3)cc2[N+](=O)[O-])C1. The van der Waals surface area contributed by atoms with Crippen LogP contribution in [0.2, 0.25) is 0 Å². The molecule has 27 heavy (non-hydrogen) atoms. The van der Waals surface area contributed by atoms with E-state index in [1.165, 1.54) is 6.07 Å². The molecule has 1 amide bonds. The molecule has 1 aromatic carbocycles. The Bertz CT molecular complexity index is 825. The van der Waals surface area contributed by atoms with Crippen molar-refractivity contribution in [2.45, 2.75) is 32.7 Å². The second-order valence-electron chi connectivity index (χ2n) is 7.10. The number of rotatable bonds is 5. The van der Waals surface area contributed by atoms with Crippen molar-refractivity contribution in [3.63, 3.8) is 0 Å². The van der Waals surface area contributed by atoms with Gasteiger partial charge in [0.2, 0.25) is 0 Å². The molecule has 1 aliphatic heterocycles. The van der Waals surface area contributed by atoms with Crippen molar-refractivity contribution in [1.29, 1.82) is 0 Å². The number of hydrogen-bond acceptors (Lipinski definition) is 5.